The molecule has 0 bridgehead atoms. The van der Waals surface area contributed by atoms with Gasteiger partial charge in [0.1, 0.15) is 0 Å². The summed E-state index contributed by atoms with van der Waals surface area (Å²) in [6.07, 6.45) is -4.24. The molecule has 1 atom stereocenters. The Bertz CT molecular complexity index is 533. The Hall–Kier alpha value is -1.29. The second-order valence-electron chi connectivity index (χ2n) is 4.90. The predicted molar refractivity (Wildman–Crippen MR) is 73.9 cm³/mol. The maximum atomic E-state index is 12.7. The summed E-state index contributed by atoms with van der Waals surface area (Å²) in [5, 5.41) is 11.9. The molecule has 1 saturated heterocycles. The minimum Gasteiger partial charge on any atom is -0.314 e. The molecule has 0 spiro atoms. The zero-order valence-electron chi connectivity index (χ0n) is 11.3. The maximum Gasteiger partial charge on any atom is 0.417 e. The molecule has 21 heavy (non-hydrogen) atoms. The molecule has 7 heteroatoms. The van der Waals surface area contributed by atoms with Gasteiger partial charge in [-0.15, -0.1) is 0 Å². The summed E-state index contributed by atoms with van der Waals surface area (Å²) >= 11 is 5.76. The SMILES string of the molecule is N#CC[C@H](c1ccc(C(F)(F)F)c(Cl)c1)N1CCNCC1. The second-order valence-corrected chi connectivity index (χ2v) is 5.31. The molecular weight excluding hydrogens is 303 g/mol. The summed E-state index contributed by atoms with van der Waals surface area (Å²) in [5.74, 6) is 0. The van der Waals surface area contributed by atoms with E-state index in [9.17, 15) is 13.2 Å². The van der Waals surface area contributed by atoms with Gasteiger partial charge in [0.2, 0.25) is 0 Å². The lowest BCUT2D eigenvalue weighted by molar-refractivity contribution is -0.137. The molecule has 1 heterocycles. The van der Waals surface area contributed by atoms with E-state index in [4.69, 9.17) is 16.9 Å². The number of nitriles is 1. The molecule has 1 aromatic rings. The van der Waals surface area contributed by atoms with Crippen molar-refractivity contribution in [1.82, 2.24) is 10.2 Å². The first-order valence-electron chi connectivity index (χ1n) is 6.62. The van der Waals surface area contributed by atoms with Gasteiger partial charge in [0, 0.05) is 32.2 Å². The topological polar surface area (TPSA) is 39.1 Å². The van der Waals surface area contributed by atoms with Crippen LogP contribution in [0.5, 0.6) is 0 Å². The fourth-order valence-corrected chi connectivity index (χ4v) is 2.80. The van der Waals surface area contributed by atoms with Crippen molar-refractivity contribution in [2.45, 2.75) is 18.6 Å². The van der Waals surface area contributed by atoms with Gasteiger partial charge < -0.3 is 5.32 Å². The van der Waals surface area contributed by atoms with Crippen molar-refractivity contribution < 1.29 is 13.2 Å². The molecule has 2 rings (SSSR count). The fourth-order valence-electron chi connectivity index (χ4n) is 2.51. The van der Waals surface area contributed by atoms with Crippen molar-refractivity contribution in [3.8, 4) is 6.07 Å². The van der Waals surface area contributed by atoms with E-state index >= 15 is 0 Å². The van der Waals surface area contributed by atoms with Gasteiger partial charge in [0.15, 0.2) is 0 Å². The molecule has 1 aromatic carbocycles. The third kappa shape index (κ3) is 3.88. The molecule has 0 aromatic heterocycles. The summed E-state index contributed by atoms with van der Waals surface area (Å²) in [4.78, 5) is 2.10. The third-order valence-electron chi connectivity index (χ3n) is 3.56. The molecule has 0 amide bonds. The van der Waals surface area contributed by atoms with E-state index < -0.39 is 11.7 Å². The highest BCUT2D eigenvalue weighted by Crippen LogP contribution is 2.37. The number of piperazine rings is 1. The molecule has 1 aliphatic rings. The molecular formula is C14H15ClF3N3. The molecule has 3 nitrogen and oxygen atoms in total. The molecule has 1 aliphatic heterocycles. The minimum absolute atomic E-state index is 0.224. The van der Waals surface area contributed by atoms with E-state index in [0.717, 1.165) is 32.2 Å². The monoisotopic (exact) mass is 317 g/mol. The predicted octanol–water partition coefficient (Wildman–Crippen LogP) is 3.22. The van der Waals surface area contributed by atoms with E-state index in [-0.39, 0.29) is 17.5 Å². The minimum atomic E-state index is -4.46. The number of nitrogens with one attached hydrogen (secondary N) is 1. The van der Waals surface area contributed by atoms with Gasteiger partial charge in [-0.3, -0.25) is 4.90 Å². The molecule has 1 N–H and O–H groups in total. The Morgan fingerprint density at radius 2 is 2.00 bits per heavy atom. The summed E-state index contributed by atoms with van der Waals surface area (Å²) in [6, 6.07) is 5.61. The fraction of sp³-hybridized carbons (Fsp3) is 0.500. The van der Waals surface area contributed by atoms with Crippen molar-refractivity contribution in [3.63, 3.8) is 0 Å². The number of benzene rings is 1. The largest absolute Gasteiger partial charge is 0.417 e. The first kappa shape index (κ1) is 16.1. The Morgan fingerprint density at radius 1 is 1.33 bits per heavy atom. The second kappa shape index (κ2) is 6.65. The van der Waals surface area contributed by atoms with Crippen molar-refractivity contribution in [2.75, 3.05) is 26.2 Å². The Balaban J connectivity index is 2.28. The van der Waals surface area contributed by atoms with Gasteiger partial charge in [-0.25, -0.2) is 0 Å². The van der Waals surface area contributed by atoms with Crippen LogP contribution in [0.1, 0.15) is 23.6 Å². The van der Waals surface area contributed by atoms with Crippen LogP contribution < -0.4 is 5.32 Å². The van der Waals surface area contributed by atoms with Crippen LogP contribution in [0.25, 0.3) is 0 Å². The third-order valence-corrected chi connectivity index (χ3v) is 3.87. The summed E-state index contributed by atoms with van der Waals surface area (Å²) in [5.41, 5.74) is -0.194. The van der Waals surface area contributed by atoms with Crippen LogP contribution in [0.2, 0.25) is 5.02 Å². The van der Waals surface area contributed by atoms with Gasteiger partial charge in [-0.1, -0.05) is 17.7 Å². The lowest BCUT2D eigenvalue weighted by atomic mass is 10.00. The summed E-state index contributed by atoms with van der Waals surface area (Å²) in [7, 11) is 0. The standard InChI is InChI=1S/C14H15ClF3N3/c15-12-9-10(1-2-11(12)14(16,17)18)13(3-4-19)21-7-5-20-6-8-21/h1-2,9,13,20H,3,5-8H2/t13-/m1/s1. The average Bonchev–Trinajstić information content (AvgIpc) is 2.44. The Morgan fingerprint density at radius 3 is 2.52 bits per heavy atom. The van der Waals surface area contributed by atoms with Crippen LogP contribution in [0.4, 0.5) is 13.2 Å². The molecule has 1 fully saturated rings. The zero-order chi connectivity index (χ0) is 15.5. The van der Waals surface area contributed by atoms with E-state index in [1.165, 1.54) is 12.1 Å². The van der Waals surface area contributed by atoms with E-state index in [2.05, 4.69) is 16.3 Å². The number of hydrogen-bond donors (Lipinski definition) is 1. The van der Waals surface area contributed by atoms with Crippen LogP contribution in [-0.4, -0.2) is 31.1 Å². The summed E-state index contributed by atoms with van der Waals surface area (Å²) < 4.78 is 38.2. The highest BCUT2D eigenvalue weighted by molar-refractivity contribution is 6.31. The van der Waals surface area contributed by atoms with Crippen molar-refractivity contribution in [1.29, 1.82) is 5.26 Å². The normalized spacial score (nSPS) is 18.2. The van der Waals surface area contributed by atoms with Crippen LogP contribution in [0.15, 0.2) is 18.2 Å². The van der Waals surface area contributed by atoms with E-state index in [0.29, 0.717) is 5.56 Å². The van der Waals surface area contributed by atoms with Crippen LogP contribution in [0, 0.1) is 11.3 Å². The van der Waals surface area contributed by atoms with Gasteiger partial charge in [-0.2, -0.15) is 18.4 Å². The number of nitrogens with zero attached hydrogens (tertiary/aromatic N) is 2. The first-order chi connectivity index (χ1) is 9.93. The van der Waals surface area contributed by atoms with E-state index in [1.807, 2.05) is 0 Å². The molecule has 0 aliphatic carbocycles. The number of alkyl halides is 3. The van der Waals surface area contributed by atoms with Gasteiger partial charge in [-0.05, 0) is 17.7 Å². The number of halogens is 4. The quantitative estimate of drug-likeness (QED) is 0.930. The number of hydrogen-bond acceptors (Lipinski definition) is 3. The lowest BCUT2D eigenvalue weighted by Crippen LogP contribution is -2.45. The molecule has 0 unspecified atom stereocenters. The van der Waals surface area contributed by atoms with Crippen LogP contribution in [0.3, 0.4) is 0 Å². The molecule has 0 saturated carbocycles. The Labute approximate surface area is 126 Å². The van der Waals surface area contributed by atoms with Gasteiger partial charge in [0.25, 0.3) is 0 Å². The zero-order valence-corrected chi connectivity index (χ0v) is 12.0. The highest BCUT2D eigenvalue weighted by Gasteiger charge is 2.33. The maximum absolute atomic E-state index is 12.7. The first-order valence-corrected chi connectivity index (χ1v) is 6.99. The smallest absolute Gasteiger partial charge is 0.314 e. The Kier molecular flexibility index (Phi) is 5.09. The lowest BCUT2D eigenvalue weighted by Gasteiger charge is -2.34. The highest BCUT2D eigenvalue weighted by atomic mass is 35.5. The van der Waals surface area contributed by atoms with Crippen LogP contribution in [-0.2, 0) is 6.18 Å². The van der Waals surface area contributed by atoms with Crippen molar-refractivity contribution >= 4 is 11.6 Å². The van der Waals surface area contributed by atoms with Crippen LogP contribution >= 0.6 is 11.6 Å². The van der Waals surface area contributed by atoms with Crippen molar-refractivity contribution in [2.24, 2.45) is 0 Å². The molecule has 0 radical (unpaired) electrons. The summed E-state index contributed by atoms with van der Waals surface area (Å²) in [6.45, 7) is 3.11. The van der Waals surface area contributed by atoms with E-state index in [1.54, 1.807) is 0 Å². The number of rotatable bonds is 3. The van der Waals surface area contributed by atoms with Gasteiger partial charge in [0.05, 0.1) is 23.1 Å². The average molecular weight is 318 g/mol. The van der Waals surface area contributed by atoms with Gasteiger partial charge >= 0.3 is 6.18 Å². The molecule has 114 valence electrons. The van der Waals surface area contributed by atoms with Crippen molar-refractivity contribution in [3.05, 3.63) is 34.3 Å².